The fourth-order valence-electron chi connectivity index (χ4n) is 6.38. The molecule has 0 amide bonds. The van der Waals surface area contributed by atoms with Crippen LogP contribution in [0.15, 0.2) is 72.9 Å². The molecular formula is C37H43N5O3. The molecular weight excluding hydrogens is 562 g/mol. The van der Waals surface area contributed by atoms with Crippen molar-refractivity contribution in [2.24, 2.45) is 5.92 Å². The molecule has 0 spiro atoms. The number of nitrogens with zero attached hydrogens (tertiary/aromatic N) is 4. The predicted octanol–water partition coefficient (Wildman–Crippen LogP) is 7.20. The number of carbonyl (C=O) groups is 1. The van der Waals surface area contributed by atoms with Crippen LogP contribution in [0.1, 0.15) is 57.3 Å². The van der Waals surface area contributed by atoms with Gasteiger partial charge in [-0.05, 0) is 79.4 Å². The van der Waals surface area contributed by atoms with E-state index in [4.69, 9.17) is 20.3 Å². The van der Waals surface area contributed by atoms with Gasteiger partial charge in [-0.2, -0.15) is 5.10 Å². The number of nitrogens with two attached hydrogens (primary N) is 1. The van der Waals surface area contributed by atoms with Crippen molar-refractivity contribution in [2.75, 3.05) is 32.0 Å². The minimum Gasteiger partial charge on any atom is -0.487 e. The van der Waals surface area contributed by atoms with E-state index in [1.807, 2.05) is 49.4 Å². The zero-order chi connectivity index (χ0) is 31.3. The number of likely N-dealkylation sites (tertiary alicyclic amines) is 1. The van der Waals surface area contributed by atoms with Crippen LogP contribution in [0.2, 0.25) is 0 Å². The summed E-state index contributed by atoms with van der Waals surface area (Å²) in [6, 6.07) is 22.7. The second-order valence-electron chi connectivity index (χ2n) is 12.4. The standard InChI is InChI=1S/C37H43N5O3/c1-4-44-36(43)23-27-8-5-6-11-35(27)45-24-34-32-22-26(29-9-7-10-31-30(29)14-18-39-37(31)38)12-13-33(32)40-42(34)28-16-20-41(21-17-28)19-15-25(2)3/h5-14,18,22,25,28H,4,15-17,19-21,23-24H2,1-3H3,(H2,38,39). The van der Waals surface area contributed by atoms with E-state index >= 15 is 0 Å². The molecule has 0 unspecified atom stereocenters. The summed E-state index contributed by atoms with van der Waals surface area (Å²) in [7, 11) is 0. The van der Waals surface area contributed by atoms with E-state index in [1.54, 1.807) is 6.20 Å². The first-order valence-electron chi connectivity index (χ1n) is 16.1. The van der Waals surface area contributed by atoms with Crippen molar-refractivity contribution >= 4 is 33.5 Å². The highest BCUT2D eigenvalue weighted by atomic mass is 16.5. The molecule has 1 saturated heterocycles. The molecule has 3 aromatic carbocycles. The van der Waals surface area contributed by atoms with Gasteiger partial charge in [-0.25, -0.2) is 4.98 Å². The van der Waals surface area contributed by atoms with Gasteiger partial charge in [0.2, 0.25) is 0 Å². The van der Waals surface area contributed by atoms with E-state index in [-0.39, 0.29) is 18.4 Å². The van der Waals surface area contributed by atoms with Crippen molar-refractivity contribution in [1.82, 2.24) is 19.7 Å². The maximum atomic E-state index is 12.3. The molecule has 3 heterocycles. The van der Waals surface area contributed by atoms with Gasteiger partial charge in [0, 0.05) is 35.6 Å². The number of nitrogen functional groups attached to an aromatic ring is 1. The molecule has 1 aliphatic rings. The normalized spacial score (nSPS) is 14.4. The third kappa shape index (κ3) is 6.81. The van der Waals surface area contributed by atoms with E-state index < -0.39 is 0 Å². The van der Waals surface area contributed by atoms with Crippen LogP contribution in [0.4, 0.5) is 5.82 Å². The number of ether oxygens (including phenoxy) is 2. The number of fused-ring (bicyclic) bond motifs is 2. The third-order valence-electron chi connectivity index (χ3n) is 8.85. The number of anilines is 1. The number of aromatic nitrogens is 3. The van der Waals surface area contributed by atoms with Crippen LogP contribution in [0, 0.1) is 5.92 Å². The number of esters is 1. The molecule has 1 aliphatic heterocycles. The van der Waals surface area contributed by atoms with E-state index in [2.05, 4.69) is 52.7 Å². The van der Waals surface area contributed by atoms with Gasteiger partial charge in [-0.1, -0.05) is 56.3 Å². The van der Waals surface area contributed by atoms with Gasteiger partial charge in [0.15, 0.2) is 0 Å². The van der Waals surface area contributed by atoms with Crippen molar-refractivity contribution in [1.29, 1.82) is 0 Å². The lowest BCUT2D eigenvalue weighted by molar-refractivity contribution is -0.142. The fraction of sp³-hybridized carbons (Fsp3) is 0.378. The van der Waals surface area contributed by atoms with Crippen molar-refractivity contribution in [3.05, 3.63) is 84.2 Å². The van der Waals surface area contributed by atoms with Gasteiger partial charge >= 0.3 is 5.97 Å². The van der Waals surface area contributed by atoms with Crippen molar-refractivity contribution < 1.29 is 14.3 Å². The number of benzene rings is 3. The first-order chi connectivity index (χ1) is 21.9. The first-order valence-corrected chi connectivity index (χ1v) is 16.1. The molecule has 45 heavy (non-hydrogen) atoms. The third-order valence-corrected chi connectivity index (χ3v) is 8.85. The van der Waals surface area contributed by atoms with Crippen LogP contribution in [0.5, 0.6) is 5.75 Å². The molecule has 2 aromatic heterocycles. The number of hydrogen-bond donors (Lipinski definition) is 1. The molecule has 0 radical (unpaired) electrons. The zero-order valence-electron chi connectivity index (χ0n) is 26.5. The Balaban J connectivity index is 1.36. The van der Waals surface area contributed by atoms with Crippen LogP contribution in [0.25, 0.3) is 32.8 Å². The number of pyridine rings is 1. The predicted molar refractivity (Wildman–Crippen MR) is 180 cm³/mol. The van der Waals surface area contributed by atoms with Crippen molar-refractivity contribution in [2.45, 2.75) is 59.1 Å². The summed E-state index contributed by atoms with van der Waals surface area (Å²) in [4.78, 5) is 19.2. The summed E-state index contributed by atoms with van der Waals surface area (Å²) >= 11 is 0. The van der Waals surface area contributed by atoms with Crippen molar-refractivity contribution in [3.8, 4) is 16.9 Å². The molecule has 1 fully saturated rings. The Hall–Kier alpha value is -4.43. The number of piperidine rings is 1. The van der Waals surface area contributed by atoms with Crippen LogP contribution < -0.4 is 10.5 Å². The summed E-state index contributed by atoms with van der Waals surface area (Å²) in [5.41, 5.74) is 11.2. The van der Waals surface area contributed by atoms with Gasteiger partial charge < -0.3 is 20.1 Å². The maximum absolute atomic E-state index is 12.3. The minimum absolute atomic E-state index is 0.169. The molecule has 0 saturated carbocycles. The van der Waals surface area contributed by atoms with E-state index in [9.17, 15) is 4.79 Å². The Morgan fingerprint density at radius 3 is 2.62 bits per heavy atom. The Morgan fingerprint density at radius 1 is 1.00 bits per heavy atom. The van der Waals surface area contributed by atoms with E-state index in [0.717, 1.165) is 76.5 Å². The molecule has 6 rings (SSSR count). The average molecular weight is 606 g/mol. The highest BCUT2D eigenvalue weighted by Crippen LogP contribution is 2.35. The lowest BCUT2D eigenvalue weighted by Gasteiger charge is -2.33. The minimum atomic E-state index is -0.260. The van der Waals surface area contributed by atoms with Crippen LogP contribution in [-0.4, -0.2) is 51.9 Å². The van der Waals surface area contributed by atoms with Gasteiger partial charge in [0.05, 0.1) is 30.3 Å². The Kier molecular flexibility index (Phi) is 9.31. The topological polar surface area (TPSA) is 95.5 Å². The molecule has 8 heteroatoms. The summed E-state index contributed by atoms with van der Waals surface area (Å²) in [6.07, 6.45) is 5.24. The lowest BCUT2D eigenvalue weighted by atomic mass is 9.97. The molecule has 0 atom stereocenters. The zero-order valence-corrected chi connectivity index (χ0v) is 26.5. The average Bonchev–Trinajstić information content (AvgIpc) is 3.41. The first kappa shape index (κ1) is 30.6. The smallest absolute Gasteiger partial charge is 0.310 e. The molecule has 0 bridgehead atoms. The van der Waals surface area contributed by atoms with E-state index in [0.29, 0.717) is 30.7 Å². The van der Waals surface area contributed by atoms with Gasteiger partial charge in [-0.15, -0.1) is 0 Å². The number of carbonyl (C=O) groups excluding carboxylic acids is 1. The van der Waals surface area contributed by atoms with Gasteiger partial charge in [0.1, 0.15) is 18.2 Å². The lowest BCUT2D eigenvalue weighted by Crippen LogP contribution is -2.36. The largest absolute Gasteiger partial charge is 0.487 e. The molecule has 5 aromatic rings. The molecule has 234 valence electrons. The molecule has 8 nitrogen and oxygen atoms in total. The van der Waals surface area contributed by atoms with E-state index in [1.165, 1.54) is 6.42 Å². The highest BCUT2D eigenvalue weighted by Gasteiger charge is 2.25. The van der Waals surface area contributed by atoms with Crippen LogP contribution >= 0.6 is 0 Å². The Labute approximate surface area is 265 Å². The monoisotopic (exact) mass is 605 g/mol. The maximum Gasteiger partial charge on any atom is 0.310 e. The van der Waals surface area contributed by atoms with Gasteiger partial charge in [0.25, 0.3) is 0 Å². The summed E-state index contributed by atoms with van der Waals surface area (Å²) in [5, 5.41) is 8.24. The van der Waals surface area contributed by atoms with Gasteiger partial charge in [-0.3, -0.25) is 9.48 Å². The summed E-state index contributed by atoms with van der Waals surface area (Å²) in [6.45, 7) is 10.4. The van der Waals surface area contributed by atoms with Crippen LogP contribution in [0.3, 0.4) is 0 Å². The van der Waals surface area contributed by atoms with Crippen LogP contribution in [-0.2, 0) is 22.6 Å². The Bertz CT molecular complexity index is 1790. The SMILES string of the molecule is CCOC(=O)Cc1ccccc1OCc1c2cc(-c3cccc4c(N)nccc34)ccc2nn1C1CCN(CCC(C)C)CC1. The second-order valence-corrected chi connectivity index (χ2v) is 12.4. The fourth-order valence-corrected chi connectivity index (χ4v) is 6.38. The number of rotatable bonds is 11. The number of hydrogen-bond acceptors (Lipinski definition) is 7. The highest BCUT2D eigenvalue weighted by molar-refractivity contribution is 6.02. The quantitative estimate of drug-likeness (QED) is 0.159. The molecule has 2 N–H and O–H groups in total. The second kappa shape index (κ2) is 13.7. The number of para-hydroxylation sites is 1. The molecule has 0 aliphatic carbocycles. The van der Waals surface area contributed by atoms with Crippen molar-refractivity contribution in [3.63, 3.8) is 0 Å². The summed E-state index contributed by atoms with van der Waals surface area (Å²) in [5.74, 6) is 1.66. The Morgan fingerprint density at radius 2 is 1.82 bits per heavy atom. The summed E-state index contributed by atoms with van der Waals surface area (Å²) < 4.78 is 13.9.